The van der Waals surface area contributed by atoms with E-state index in [1.807, 2.05) is 78.9 Å². The van der Waals surface area contributed by atoms with E-state index < -0.39 is 16.7 Å². The lowest BCUT2D eigenvalue weighted by Gasteiger charge is -2.50. The Morgan fingerprint density at radius 1 is 0.688 bits per heavy atom. The zero-order valence-electron chi connectivity index (χ0n) is 17.0. The Hall–Kier alpha value is -3.43. The molecule has 1 saturated heterocycles. The zero-order chi connectivity index (χ0) is 21.6. The van der Waals surface area contributed by atoms with Gasteiger partial charge in [0, 0.05) is 11.3 Å². The van der Waals surface area contributed by atoms with E-state index in [-0.39, 0.29) is 17.7 Å². The fourth-order valence-corrected chi connectivity index (χ4v) is 6.89. The zero-order valence-corrected chi connectivity index (χ0v) is 17.8. The molecule has 0 unspecified atom stereocenters. The average Bonchev–Trinajstić information content (AvgIpc) is 3.10. The Morgan fingerprint density at radius 2 is 1.28 bits per heavy atom. The summed E-state index contributed by atoms with van der Waals surface area (Å²) in [6.45, 7) is 0. The molecule has 0 N–H and O–H groups in total. The average molecular weight is 436 g/mol. The molecule has 0 saturated carbocycles. The van der Waals surface area contributed by atoms with Crippen LogP contribution in [0.3, 0.4) is 0 Å². The Kier molecular flexibility index (Phi) is 3.45. The van der Waals surface area contributed by atoms with Gasteiger partial charge in [-0.1, -0.05) is 84.9 Å². The summed E-state index contributed by atoms with van der Waals surface area (Å²) < 4.78 is 0. The van der Waals surface area contributed by atoms with Crippen molar-refractivity contribution in [3.8, 4) is 0 Å². The molecular formula is C28H18ClNO2. The highest BCUT2D eigenvalue weighted by atomic mass is 35.5. The number of hydrogen-bond donors (Lipinski definition) is 0. The summed E-state index contributed by atoms with van der Waals surface area (Å²) in [5.74, 6) is -1.69. The van der Waals surface area contributed by atoms with Crippen LogP contribution in [-0.4, -0.2) is 11.8 Å². The Balaban J connectivity index is 1.50. The smallest absolute Gasteiger partial charge is 0.240 e. The van der Waals surface area contributed by atoms with Crippen LogP contribution in [0.4, 0.5) is 5.69 Å². The molecule has 1 heterocycles. The minimum atomic E-state index is -1.06. The molecule has 8 rings (SSSR count). The van der Waals surface area contributed by atoms with Crippen LogP contribution in [0, 0.1) is 11.8 Å². The minimum absolute atomic E-state index is 0.157. The van der Waals surface area contributed by atoms with Crippen molar-refractivity contribution in [1.29, 1.82) is 0 Å². The number of hydrogen-bond acceptors (Lipinski definition) is 2. The lowest BCUT2D eigenvalue weighted by atomic mass is 9.54. The van der Waals surface area contributed by atoms with E-state index in [0.717, 1.165) is 33.0 Å². The summed E-state index contributed by atoms with van der Waals surface area (Å²) in [5.41, 5.74) is 4.66. The number of alkyl halides is 1. The second kappa shape index (κ2) is 6.08. The predicted octanol–water partition coefficient (Wildman–Crippen LogP) is 5.59. The van der Waals surface area contributed by atoms with E-state index in [1.165, 1.54) is 4.90 Å². The lowest BCUT2D eigenvalue weighted by Crippen LogP contribution is -2.50. The number of fused-ring (bicyclic) bond motifs is 1. The molecule has 154 valence electrons. The van der Waals surface area contributed by atoms with Gasteiger partial charge in [-0.15, -0.1) is 11.6 Å². The van der Waals surface area contributed by atoms with Crippen LogP contribution in [0.25, 0.3) is 10.8 Å². The van der Waals surface area contributed by atoms with Crippen molar-refractivity contribution >= 4 is 39.9 Å². The lowest BCUT2D eigenvalue weighted by molar-refractivity contribution is -0.122. The molecule has 2 bridgehead atoms. The Morgan fingerprint density at radius 3 is 2.00 bits per heavy atom. The van der Waals surface area contributed by atoms with Gasteiger partial charge in [-0.05, 0) is 33.7 Å². The number of benzene rings is 4. The van der Waals surface area contributed by atoms with Crippen molar-refractivity contribution < 1.29 is 9.59 Å². The number of nitrogens with zero attached hydrogens (tertiary/aromatic N) is 1. The largest absolute Gasteiger partial charge is 0.274 e. The molecule has 32 heavy (non-hydrogen) atoms. The molecule has 2 atom stereocenters. The molecule has 2 amide bonds. The number of imide groups is 1. The van der Waals surface area contributed by atoms with Gasteiger partial charge in [-0.25, -0.2) is 4.90 Å². The molecule has 3 aliphatic carbocycles. The van der Waals surface area contributed by atoms with Gasteiger partial charge < -0.3 is 0 Å². The third-order valence-electron chi connectivity index (χ3n) is 7.52. The van der Waals surface area contributed by atoms with Crippen molar-refractivity contribution in [1.82, 2.24) is 0 Å². The third-order valence-corrected chi connectivity index (χ3v) is 8.16. The fraction of sp³-hybridized carbons (Fsp3) is 0.143. The molecule has 3 nitrogen and oxygen atoms in total. The van der Waals surface area contributed by atoms with Gasteiger partial charge in [0.05, 0.1) is 17.5 Å². The molecule has 4 aromatic rings. The monoisotopic (exact) mass is 435 g/mol. The van der Waals surface area contributed by atoms with Gasteiger partial charge in [0.25, 0.3) is 0 Å². The summed E-state index contributed by atoms with van der Waals surface area (Å²) in [6.07, 6.45) is 0. The second-order valence-electron chi connectivity index (χ2n) is 8.88. The van der Waals surface area contributed by atoms with E-state index in [0.29, 0.717) is 5.69 Å². The number of carbonyl (C=O) groups is 2. The molecule has 4 heteroatoms. The normalized spacial score (nSPS) is 27.4. The van der Waals surface area contributed by atoms with Crippen molar-refractivity contribution in [2.75, 3.05) is 4.90 Å². The summed E-state index contributed by atoms with van der Waals surface area (Å²) in [7, 11) is 0. The molecule has 1 fully saturated rings. The van der Waals surface area contributed by atoms with E-state index in [4.69, 9.17) is 11.6 Å². The quantitative estimate of drug-likeness (QED) is 0.289. The number of carbonyl (C=O) groups excluding carboxylic acids is 2. The van der Waals surface area contributed by atoms with Crippen molar-refractivity contribution in [3.63, 3.8) is 0 Å². The summed E-state index contributed by atoms with van der Waals surface area (Å²) in [5, 5.41) is 1.89. The van der Waals surface area contributed by atoms with Crippen LogP contribution in [0.2, 0.25) is 0 Å². The number of rotatable bonds is 1. The van der Waals surface area contributed by atoms with Crippen molar-refractivity contribution in [3.05, 3.63) is 113 Å². The van der Waals surface area contributed by atoms with Gasteiger partial charge in [-0.3, -0.25) is 9.59 Å². The van der Waals surface area contributed by atoms with Crippen LogP contribution in [0.15, 0.2) is 91.0 Å². The fourth-order valence-electron chi connectivity index (χ4n) is 6.32. The maximum absolute atomic E-state index is 14.0. The summed E-state index contributed by atoms with van der Waals surface area (Å²) in [4.78, 5) is 28.4. The van der Waals surface area contributed by atoms with Crippen LogP contribution < -0.4 is 4.90 Å². The van der Waals surface area contributed by atoms with Gasteiger partial charge in [0.2, 0.25) is 11.8 Å². The summed E-state index contributed by atoms with van der Waals surface area (Å²) in [6, 6.07) is 29.6. The highest BCUT2D eigenvalue weighted by molar-refractivity contribution is 6.34. The van der Waals surface area contributed by atoms with E-state index in [2.05, 4.69) is 12.1 Å². The van der Waals surface area contributed by atoms with Crippen molar-refractivity contribution in [2.24, 2.45) is 11.8 Å². The molecule has 0 spiro atoms. The SMILES string of the molecule is O=C1[C@@H]2[C@@H](C(=O)N1c1cccc3ccccc13)C1c3ccccc3C2(Cl)c2ccccc21. The highest BCUT2D eigenvalue weighted by Crippen LogP contribution is 2.66. The predicted molar refractivity (Wildman–Crippen MR) is 125 cm³/mol. The van der Waals surface area contributed by atoms with E-state index in [1.54, 1.807) is 0 Å². The standard InChI is InChI=1S/C28H18ClNO2/c29-28-20-13-5-3-11-18(20)23(19-12-4-6-14-21(19)28)24-25(28)27(32)30(26(24)31)22-15-7-9-16-8-1-2-10-17(16)22/h1-15,23-25H/t23?,24-,25-,28?/m0/s1. The van der Waals surface area contributed by atoms with Gasteiger partial charge in [-0.2, -0.15) is 0 Å². The first-order valence-electron chi connectivity index (χ1n) is 10.9. The van der Waals surface area contributed by atoms with E-state index in [9.17, 15) is 9.59 Å². The Bertz CT molecular complexity index is 1420. The van der Waals surface area contributed by atoms with Crippen LogP contribution in [-0.2, 0) is 14.5 Å². The first kappa shape index (κ1) is 18.2. The van der Waals surface area contributed by atoms with Crippen molar-refractivity contribution in [2.45, 2.75) is 10.8 Å². The van der Waals surface area contributed by atoms with Gasteiger partial charge in [0.15, 0.2) is 0 Å². The molecule has 4 aliphatic rings. The molecule has 1 aliphatic heterocycles. The first-order valence-corrected chi connectivity index (χ1v) is 11.2. The maximum Gasteiger partial charge on any atom is 0.240 e. The van der Waals surface area contributed by atoms with Gasteiger partial charge in [0.1, 0.15) is 4.87 Å². The third kappa shape index (κ3) is 1.98. The minimum Gasteiger partial charge on any atom is -0.274 e. The van der Waals surface area contributed by atoms with Gasteiger partial charge >= 0.3 is 0 Å². The van der Waals surface area contributed by atoms with Crippen LogP contribution >= 0.6 is 11.6 Å². The molecule has 0 aromatic heterocycles. The molecule has 0 radical (unpaired) electrons. The number of amides is 2. The molecular weight excluding hydrogens is 418 g/mol. The van der Waals surface area contributed by atoms with E-state index >= 15 is 0 Å². The molecule has 4 aromatic carbocycles. The highest BCUT2D eigenvalue weighted by Gasteiger charge is 2.68. The van der Waals surface area contributed by atoms with Crippen LogP contribution in [0.1, 0.15) is 28.2 Å². The summed E-state index contributed by atoms with van der Waals surface area (Å²) >= 11 is 7.49. The first-order chi connectivity index (χ1) is 15.6. The Labute approximate surface area is 190 Å². The number of anilines is 1. The number of halogens is 1. The maximum atomic E-state index is 14.0. The van der Waals surface area contributed by atoms with Crippen LogP contribution in [0.5, 0.6) is 0 Å². The topological polar surface area (TPSA) is 37.4 Å². The second-order valence-corrected chi connectivity index (χ2v) is 9.47.